The van der Waals surface area contributed by atoms with E-state index in [1.807, 2.05) is 24.3 Å². The number of ether oxygens (including phenoxy) is 2. The van der Waals surface area contributed by atoms with Gasteiger partial charge in [-0.3, -0.25) is 0 Å². The van der Waals surface area contributed by atoms with E-state index in [9.17, 15) is 0 Å². The van der Waals surface area contributed by atoms with E-state index in [-0.39, 0.29) is 5.54 Å². The van der Waals surface area contributed by atoms with Gasteiger partial charge in [-0.2, -0.15) is 0 Å². The molecule has 0 fully saturated rings. The van der Waals surface area contributed by atoms with E-state index in [1.165, 1.54) is 18.4 Å². The molecule has 0 aliphatic heterocycles. The van der Waals surface area contributed by atoms with Crippen LogP contribution in [-0.4, -0.2) is 25.8 Å². The van der Waals surface area contributed by atoms with Crippen LogP contribution in [0.4, 0.5) is 0 Å². The molecule has 1 aromatic rings. The molecule has 0 bridgehead atoms. The van der Waals surface area contributed by atoms with Crippen LogP contribution < -0.4 is 10.1 Å². The van der Waals surface area contributed by atoms with Gasteiger partial charge in [0.05, 0.1) is 13.7 Å². The summed E-state index contributed by atoms with van der Waals surface area (Å²) in [4.78, 5) is 0. The summed E-state index contributed by atoms with van der Waals surface area (Å²) in [6, 6.07) is 8.03. The molecule has 3 nitrogen and oxygen atoms in total. The molecule has 0 amide bonds. The molecule has 0 unspecified atom stereocenters. The van der Waals surface area contributed by atoms with Crippen molar-refractivity contribution in [1.82, 2.24) is 5.32 Å². The van der Waals surface area contributed by atoms with E-state index in [1.54, 1.807) is 7.11 Å². The number of nitrogens with one attached hydrogen (secondary N) is 1. The number of methoxy groups -OCH3 is 1. The molecule has 0 aliphatic rings. The third-order valence-corrected chi connectivity index (χ3v) is 3.05. The van der Waals surface area contributed by atoms with Gasteiger partial charge in [0, 0.05) is 12.1 Å². The average Bonchev–Trinajstić information content (AvgIpc) is 2.41. The number of rotatable bonds is 9. The van der Waals surface area contributed by atoms with Crippen LogP contribution in [0, 0.1) is 0 Å². The van der Waals surface area contributed by atoms with Crippen molar-refractivity contribution in [1.29, 1.82) is 0 Å². The Labute approximate surface area is 123 Å². The first-order valence-corrected chi connectivity index (χ1v) is 7.47. The summed E-state index contributed by atoms with van der Waals surface area (Å²) in [5, 5.41) is 3.50. The van der Waals surface area contributed by atoms with Gasteiger partial charge in [0.15, 0.2) is 0 Å². The highest BCUT2D eigenvalue weighted by Crippen LogP contribution is 2.12. The van der Waals surface area contributed by atoms with Crippen molar-refractivity contribution in [2.75, 3.05) is 20.3 Å². The Balaban J connectivity index is 1.99. The highest BCUT2D eigenvalue weighted by atomic mass is 16.5. The molecule has 0 heterocycles. The molecule has 114 valence electrons. The third kappa shape index (κ3) is 8.18. The average molecular weight is 279 g/mol. The highest BCUT2D eigenvalue weighted by Gasteiger charge is 2.06. The molecule has 0 aliphatic carbocycles. The molecule has 1 aromatic carbocycles. The Hall–Kier alpha value is -1.06. The molecule has 1 N–H and O–H groups in total. The summed E-state index contributed by atoms with van der Waals surface area (Å²) >= 11 is 0. The summed E-state index contributed by atoms with van der Waals surface area (Å²) in [6.45, 7) is 9.20. The molecule has 20 heavy (non-hydrogen) atoms. The van der Waals surface area contributed by atoms with Crippen molar-refractivity contribution in [2.24, 2.45) is 0 Å². The van der Waals surface area contributed by atoms with Gasteiger partial charge >= 0.3 is 0 Å². The molecular weight excluding hydrogens is 250 g/mol. The predicted molar refractivity (Wildman–Crippen MR) is 84.3 cm³/mol. The second-order valence-corrected chi connectivity index (χ2v) is 6.14. The van der Waals surface area contributed by atoms with Gasteiger partial charge in [-0.05, 0) is 64.3 Å². The van der Waals surface area contributed by atoms with Gasteiger partial charge in [-0.1, -0.05) is 12.1 Å². The normalized spacial score (nSPS) is 11.6. The number of hydrogen-bond acceptors (Lipinski definition) is 3. The van der Waals surface area contributed by atoms with Crippen molar-refractivity contribution in [3.05, 3.63) is 29.8 Å². The monoisotopic (exact) mass is 279 g/mol. The lowest BCUT2D eigenvalue weighted by Crippen LogP contribution is -2.36. The Morgan fingerprint density at radius 2 is 1.70 bits per heavy atom. The molecule has 1 rings (SSSR count). The molecule has 0 spiro atoms. The smallest absolute Gasteiger partial charge is 0.118 e. The van der Waals surface area contributed by atoms with E-state index in [2.05, 4.69) is 26.1 Å². The van der Waals surface area contributed by atoms with E-state index in [0.29, 0.717) is 6.61 Å². The maximum Gasteiger partial charge on any atom is 0.118 e. The molecular formula is C17H29NO2. The van der Waals surface area contributed by atoms with Crippen molar-refractivity contribution < 1.29 is 9.47 Å². The third-order valence-electron chi connectivity index (χ3n) is 3.05. The van der Waals surface area contributed by atoms with Gasteiger partial charge in [-0.15, -0.1) is 0 Å². The van der Waals surface area contributed by atoms with Gasteiger partial charge in [0.1, 0.15) is 5.75 Å². The van der Waals surface area contributed by atoms with Crippen LogP contribution in [0.1, 0.15) is 45.6 Å². The molecule has 0 atom stereocenters. The maximum atomic E-state index is 5.68. The number of unbranched alkanes of at least 4 members (excludes halogenated alkanes) is 2. The zero-order valence-corrected chi connectivity index (χ0v) is 13.4. The summed E-state index contributed by atoms with van der Waals surface area (Å²) < 4.78 is 10.8. The molecule has 0 aromatic heterocycles. The van der Waals surface area contributed by atoms with E-state index >= 15 is 0 Å². The molecule has 0 saturated carbocycles. The van der Waals surface area contributed by atoms with Crippen molar-refractivity contribution in [3.63, 3.8) is 0 Å². The van der Waals surface area contributed by atoms with Gasteiger partial charge < -0.3 is 14.8 Å². The summed E-state index contributed by atoms with van der Waals surface area (Å²) in [7, 11) is 1.68. The van der Waals surface area contributed by atoms with Crippen molar-refractivity contribution in [3.8, 4) is 5.75 Å². The minimum Gasteiger partial charge on any atom is -0.497 e. The zero-order valence-electron chi connectivity index (χ0n) is 13.4. The van der Waals surface area contributed by atoms with Crippen LogP contribution in [0.25, 0.3) is 0 Å². The number of hydrogen-bond donors (Lipinski definition) is 1. The second-order valence-electron chi connectivity index (χ2n) is 6.14. The van der Waals surface area contributed by atoms with Crippen molar-refractivity contribution in [2.45, 2.75) is 52.2 Å². The fraction of sp³-hybridized carbons (Fsp3) is 0.647. The predicted octanol–water partition coefficient (Wildman–Crippen LogP) is 3.77. The Bertz CT molecular complexity index is 354. The van der Waals surface area contributed by atoms with Crippen LogP contribution in [0.3, 0.4) is 0 Å². The lowest BCUT2D eigenvalue weighted by Gasteiger charge is -2.20. The van der Waals surface area contributed by atoms with E-state index in [0.717, 1.165) is 25.3 Å². The summed E-state index contributed by atoms with van der Waals surface area (Å²) in [6.07, 6.45) is 3.55. The van der Waals surface area contributed by atoms with E-state index in [4.69, 9.17) is 9.47 Å². The Kier molecular flexibility index (Phi) is 7.63. The Morgan fingerprint density at radius 1 is 1.00 bits per heavy atom. The molecule has 3 heteroatoms. The van der Waals surface area contributed by atoms with Crippen LogP contribution in [0.2, 0.25) is 0 Å². The lowest BCUT2D eigenvalue weighted by molar-refractivity contribution is 0.116. The van der Waals surface area contributed by atoms with Crippen LogP contribution in [0.15, 0.2) is 24.3 Å². The van der Waals surface area contributed by atoms with Crippen LogP contribution in [0.5, 0.6) is 5.75 Å². The maximum absolute atomic E-state index is 5.68. The standard InChI is InChI=1S/C17H29NO2/c1-17(2,3)18-12-6-5-7-13-20-14-15-8-10-16(19-4)11-9-15/h8-11,18H,5-7,12-14H2,1-4H3. The zero-order chi connectivity index (χ0) is 14.8. The SMILES string of the molecule is COc1ccc(COCCCCCNC(C)(C)C)cc1. The van der Waals surface area contributed by atoms with E-state index < -0.39 is 0 Å². The Morgan fingerprint density at radius 3 is 2.30 bits per heavy atom. The molecule has 0 saturated heterocycles. The largest absolute Gasteiger partial charge is 0.497 e. The van der Waals surface area contributed by atoms with Crippen LogP contribution >= 0.6 is 0 Å². The lowest BCUT2D eigenvalue weighted by atomic mass is 10.1. The first kappa shape index (κ1) is 17.0. The quantitative estimate of drug-likeness (QED) is 0.698. The second kappa shape index (κ2) is 8.98. The summed E-state index contributed by atoms with van der Waals surface area (Å²) in [5.41, 5.74) is 1.42. The van der Waals surface area contributed by atoms with Gasteiger partial charge in [0.2, 0.25) is 0 Å². The first-order valence-electron chi connectivity index (χ1n) is 7.47. The fourth-order valence-corrected chi connectivity index (χ4v) is 1.88. The van der Waals surface area contributed by atoms with Gasteiger partial charge in [0.25, 0.3) is 0 Å². The summed E-state index contributed by atoms with van der Waals surface area (Å²) in [5.74, 6) is 0.889. The number of benzene rings is 1. The fourth-order valence-electron chi connectivity index (χ4n) is 1.88. The molecule has 0 radical (unpaired) electrons. The van der Waals surface area contributed by atoms with Crippen LogP contribution in [-0.2, 0) is 11.3 Å². The first-order chi connectivity index (χ1) is 9.51. The van der Waals surface area contributed by atoms with Crippen molar-refractivity contribution >= 4 is 0 Å². The minimum atomic E-state index is 0.227. The topological polar surface area (TPSA) is 30.5 Å². The minimum absolute atomic E-state index is 0.227. The highest BCUT2D eigenvalue weighted by molar-refractivity contribution is 5.26. The van der Waals surface area contributed by atoms with Gasteiger partial charge in [-0.25, -0.2) is 0 Å².